The van der Waals surface area contributed by atoms with Crippen molar-refractivity contribution in [2.75, 3.05) is 33.4 Å². The zero-order valence-corrected chi connectivity index (χ0v) is 14.9. The first kappa shape index (κ1) is 18.3. The number of H-pyrrole nitrogens is 2. The van der Waals surface area contributed by atoms with Crippen molar-refractivity contribution in [2.24, 2.45) is 5.41 Å². The molecule has 1 saturated heterocycles. The monoisotopic (exact) mass is 361 g/mol. The van der Waals surface area contributed by atoms with Gasteiger partial charge in [-0.25, -0.2) is 9.78 Å². The number of carbonyl (C=O) groups excluding carboxylic acids is 1. The molecule has 2 aromatic rings. The normalized spacial score (nSPS) is 16.5. The van der Waals surface area contributed by atoms with Crippen LogP contribution in [-0.2, 0) is 4.74 Å². The molecule has 140 valence electrons. The Hall–Kier alpha value is -2.52. The van der Waals surface area contributed by atoms with Crippen LogP contribution in [-0.4, -0.2) is 54.2 Å². The Bertz CT molecular complexity index is 921. The maximum atomic E-state index is 12.6. The van der Waals surface area contributed by atoms with E-state index >= 15 is 0 Å². The van der Waals surface area contributed by atoms with Crippen LogP contribution in [0.3, 0.4) is 0 Å². The number of carbonyl (C=O) groups is 1. The third-order valence-electron chi connectivity index (χ3n) is 4.87. The SMILES string of the molecule is COCC1(CNC(=O)c2cc(C)c3c(=O)[nH]c(=O)[nH]c3n2)CCNCC1. The average Bonchev–Trinajstić information content (AvgIpc) is 2.59. The van der Waals surface area contributed by atoms with Crippen molar-refractivity contribution in [3.63, 3.8) is 0 Å². The maximum Gasteiger partial charge on any atom is 0.327 e. The standard InChI is InChI=1S/C17H23N5O4/c1-10-7-11(20-13-12(10)15(24)22-16(25)21-13)14(23)19-8-17(9-26-2)3-5-18-6-4-17/h7,18H,3-6,8-9H2,1-2H3,(H,19,23)(H2,20,21,22,24,25). The van der Waals surface area contributed by atoms with Gasteiger partial charge in [0.25, 0.3) is 11.5 Å². The molecular formula is C17H23N5O4. The number of aryl methyl sites for hydroxylation is 1. The predicted octanol–water partition coefficient (Wildman–Crippen LogP) is -0.334. The summed E-state index contributed by atoms with van der Waals surface area (Å²) in [6.07, 6.45) is 1.82. The number of aromatic nitrogens is 3. The summed E-state index contributed by atoms with van der Waals surface area (Å²) in [5, 5.41) is 6.51. The Morgan fingerprint density at radius 2 is 2.04 bits per heavy atom. The molecule has 0 aliphatic carbocycles. The van der Waals surface area contributed by atoms with E-state index in [1.165, 1.54) is 0 Å². The van der Waals surface area contributed by atoms with Crippen molar-refractivity contribution in [1.29, 1.82) is 0 Å². The van der Waals surface area contributed by atoms with Crippen LogP contribution in [0.5, 0.6) is 0 Å². The molecule has 0 saturated carbocycles. The van der Waals surface area contributed by atoms with E-state index in [4.69, 9.17) is 4.74 Å². The Balaban J connectivity index is 1.83. The van der Waals surface area contributed by atoms with E-state index < -0.39 is 11.2 Å². The molecule has 1 fully saturated rings. The molecular weight excluding hydrogens is 338 g/mol. The van der Waals surface area contributed by atoms with E-state index in [1.54, 1.807) is 20.1 Å². The number of ether oxygens (including phenoxy) is 1. The van der Waals surface area contributed by atoms with Gasteiger partial charge in [0.15, 0.2) is 0 Å². The number of rotatable bonds is 5. The number of hydrogen-bond donors (Lipinski definition) is 4. The zero-order valence-electron chi connectivity index (χ0n) is 14.9. The van der Waals surface area contributed by atoms with E-state index in [0.717, 1.165) is 25.9 Å². The van der Waals surface area contributed by atoms with Crippen LogP contribution < -0.4 is 21.9 Å². The highest BCUT2D eigenvalue weighted by Crippen LogP contribution is 2.28. The molecule has 0 unspecified atom stereocenters. The van der Waals surface area contributed by atoms with Crippen LogP contribution in [0, 0.1) is 12.3 Å². The van der Waals surface area contributed by atoms with Gasteiger partial charge in [0.1, 0.15) is 11.3 Å². The molecule has 4 N–H and O–H groups in total. The number of amides is 1. The lowest BCUT2D eigenvalue weighted by molar-refractivity contribution is 0.0511. The molecule has 9 nitrogen and oxygen atoms in total. The Morgan fingerprint density at radius 1 is 1.31 bits per heavy atom. The van der Waals surface area contributed by atoms with Crippen molar-refractivity contribution in [1.82, 2.24) is 25.6 Å². The molecule has 0 bridgehead atoms. The number of methoxy groups -OCH3 is 1. The van der Waals surface area contributed by atoms with Gasteiger partial charge >= 0.3 is 5.69 Å². The van der Waals surface area contributed by atoms with Gasteiger partial charge in [0.2, 0.25) is 0 Å². The molecule has 3 rings (SSSR count). The van der Waals surface area contributed by atoms with Crippen LogP contribution in [0.2, 0.25) is 0 Å². The lowest BCUT2D eigenvalue weighted by atomic mass is 9.79. The number of hydrogen-bond acceptors (Lipinski definition) is 6. The smallest absolute Gasteiger partial charge is 0.327 e. The number of piperidine rings is 1. The van der Waals surface area contributed by atoms with Gasteiger partial charge in [-0.1, -0.05) is 0 Å². The molecule has 0 atom stereocenters. The van der Waals surface area contributed by atoms with E-state index in [-0.39, 0.29) is 28.0 Å². The summed E-state index contributed by atoms with van der Waals surface area (Å²) < 4.78 is 5.35. The molecule has 1 amide bonds. The van der Waals surface area contributed by atoms with Crippen molar-refractivity contribution >= 4 is 16.9 Å². The largest absolute Gasteiger partial charge is 0.384 e. The molecule has 1 aliphatic rings. The first-order valence-corrected chi connectivity index (χ1v) is 8.56. The van der Waals surface area contributed by atoms with E-state index in [2.05, 4.69) is 25.6 Å². The summed E-state index contributed by atoms with van der Waals surface area (Å²) in [5.74, 6) is -0.342. The number of nitrogens with zero attached hydrogens (tertiary/aromatic N) is 1. The minimum absolute atomic E-state index is 0.104. The summed E-state index contributed by atoms with van der Waals surface area (Å²) >= 11 is 0. The van der Waals surface area contributed by atoms with Crippen LogP contribution in [0.1, 0.15) is 28.9 Å². The second kappa shape index (κ2) is 7.38. The van der Waals surface area contributed by atoms with Gasteiger partial charge in [-0.05, 0) is 44.5 Å². The maximum absolute atomic E-state index is 12.6. The van der Waals surface area contributed by atoms with Crippen molar-refractivity contribution < 1.29 is 9.53 Å². The van der Waals surface area contributed by atoms with Crippen molar-refractivity contribution in [3.8, 4) is 0 Å². The Kier molecular flexibility index (Phi) is 5.19. The topological polar surface area (TPSA) is 129 Å². The Labute approximate surface area is 149 Å². The van der Waals surface area contributed by atoms with Crippen molar-refractivity contribution in [3.05, 3.63) is 38.2 Å². The molecule has 26 heavy (non-hydrogen) atoms. The highest BCUT2D eigenvalue weighted by atomic mass is 16.5. The minimum atomic E-state index is -0.652. The number of fused-ring (bicyclic) bond motifs is 1. The fourth-order valence-corrected chi connectivity index (χ4v) is 3.46. The third-order valence-corrected chi connectivity index (χ3v) is 4.87. The molecule has 2 aromatic heterocycles. The van der Waals surface area contributed by atoms with E-state index in [0.29, 0.717) is 18.7 Å². The van der Waals surface area contributed by atoms with Crippen LogP contribution >= 0.6 is 0 Å². The van der Waals surface area contributed by atoms with Gasteiger partial charge in [-0.2, -0.15) is 0 Å². The summed E-state index contributed by atoms with van der Waals surface area (Å²) in [6, 6.07) is 1.55. The average molecular weight is 361 g/mol. The van der Waals surface area contributed by atoms with Crippen LogP contribution in [0.15, 0.2) is 15.7 Å². The summed E-state index contributed by atoms with van der Waals surface area (Å²) in [7, 11) is 1.66. The predicted molar refractivity (Wildman–Crippen MR) is 96.5 cm³/mol. The summed E-state index contributed by atoms with van der Waals surface area (Å²) in [5.41, 5.74) is -0.427. The third kappa shape index (κ3) is 3.68. The highest BCUT2D eigenvalue weighted by molar-refractivity contribution is 5.95. The van der Waals surface area contributed by atoms with Gasteiger partial charge in [-0.15, -0.1) is 0 Å². The lowest BCUT2D eigenvalue weighted by Crippen LogP contribution is -2.47. The second-order valence-electron chi connectivity index (χ2n) is 6.82. The highest BCUT2D eigenvalue weighted by Gasteiger charge is 2.32. The van der Waals surface area contributed by atoms with Gasteiger partial charge in [-0.3, -0.25) is 19.6 Å². The fourth-order valence-electron chi connectivity index (χ4n) is 3.46. The Morgan fingerprint density at radius 3 is 2.73 bits per heavy atom. The van der Waals surface area contributed by atoms with Gasteiger partial charge in [0, 0.05) is 19.1 Å². The summed E-state index contributed by atoms with van der Waals surface area (Å²) in [6.45, 7) is 4.52. The second-order valence-corrected chi connectivity index (χ2v) is 6.82. The molecule has 0 aromatic carbocycles. The lowest BCUT2D eigenvalue weighted by Gasteiger charge is -2.37. The van der Waals surface area contributed by atoms with E-state index in [1.807, 2.05) is 0 Å². The first-order valence-electron chi connectivity index (χ1n) is 8.56. The number of aromatic amines is 2. The van der Waals surface area contributed by atoms with E-state index in [9.17, 15) is 14.4 Å². The molecule has 9 heteroatoms. The fraction of sp³-hybridized carbons (Fsp3) is 0.529. The first-order chi connectivity index (χ1) is 12.4. The molecule has 1 aliphatic heterocycles. The van der Waals surface area contributed by atoms with Crippen LogP contribution in [0.4, 0.5) is 0 Å². The van der Waals surface area contributed by atoms with Gasteiger partial charge < -0.3 is 15.4 Å². The quantitative estimate of drug-likeness (QED) is 0.577. The van der Waals surface area contributed by atoms with Crippen molar-refractivity contribution in [2.45, 2.75) is 19.8 Å². The summed E-state index contributed by atoms with van der Waals surface area (Å²) in [4.78, 5) is 44.8. The van der Waals surface area contributed by atoms with Crippen LogP contribution in [0.25, 0.3) is 11.0 Å². The zero-order chi connectivity index (χ0) is 18.7. The number of pyridine rings is 1. The molecule has 3 heterocycles. The minimum Gasteiger partial charge on any atom is -0.384 e. The number of nitrogens with one attached hydrogen (secondary N) is 4. The molecule has 0 spiro atoms. The van der Waals surface area contributed by atoms with Gasteiger partial charge in [0.05, 0.1) is 12.0 Å². The molecule has 0 radical (unpaired) electrons.